The molecular weight excluding hydrogens is 621 g/mol. The largest absolute Gasteiger partial charge is 0.330 e. The van der Waals surface area contributed by atoms with Gasteiger partial charge < -0.3 is 4.90 Å². The summed E-state index contributed by atoms with van der Waals surface area (Å²) in [6.07, 6.45) is 2.41. The smallest absolute Gasteiger partial charge is 0.234 e. The average molecular weight is 659 g/mol. The second-order valence-electron chi connectivity index (χ2n) is 11.7. The van der Waals surface area contributed by atoms with Crippen molar-refractivity contribution in [2.24, 2.45) is 5.41 Å². The molecule has 1 N–H and O–H groups in total. The third-order valence-electron chi connectivity index (χ3n) is 8.15. The number of amides is 2. The predicted molar refractivity (Wildman–Crippen MR) is 164 cm³/mol. The summed E-state index contributed by atoms with van der Waals surface area (Å²) in [5.41, 5.74) is 0.335. The van der Waals surface area contributed by atoms with Gasteiger partial charge in [-0.2, -0.15) is 0 Å². The van der Waals surface area contributed by atoms with Gasteiger partial charge in [0.25, 0.3) is 0 Å². The van der Waals surface area contributed by atoms with Crippen LogP contribution in [-0.2, 0) is 29.6 Å². The van der Waals surface area contributed by atoms with Crippen LogP contribution in [0.15, 0.2) is 48.5 Å². The molecule has 2 aromatic carbocycles. The minimum atomic E-state index is -3.84. The van der Waals surface area contributed by atoms with Gasteiger partial charge in [-0.25, -0.2) is 21.1 Å². The van der Waals surface area contributed by atoms with Crippen molar-refractivity contribution in [2.45, 2.75) is 69.2 Å². The normalized spacial score (nSPS) is 24.1. The van der Waals surface area contributed by atoms with Crippen molar-refractivity contribution in [1.29, 1.82) is 0 Å². The summed E-state index contributed by atoms with van der Waals surface area (Å²) in [6, 6.07) is 13.4. The first kappa shape index (κ1) is 32.7. The summed E-state index contributed by atoms with van der Waals surface area (Å²) >= 11 is 12.6. The lowest BCUT2D eigenvalue weighted by molar-refractivity contribution is -0.157. The number of hydrogen-bond acceptors (Lipinski definition) is 6. The zero-order valence-electron chi connectivity index (χ0n) is 24.1. The molecule has 0 unspecified atom stereocenters. The summed E-state index contributed by atoms with van der Waals surface area (Å²) in [7, 11) is -5.83. The van der Waals surface area contributed by atoms with E-state index in [-0.39, 0.29) is 31.2 Å². The Morgan fingerprint density at radius 1 is 1.07 bits per heavy atom. The maximum atomic E-state index is 14.6. The van der Waals surface area contributed by atoms with Crippen LogP contribution in [0.1, 0.15) is 69.0 Å². The fraction of sp³-hybridized carbons (Fsp3) is 0.517. The van der Waals surface area contributed by atoms with Crippen molar-refractivity contribution < 1.29 is 26.4 Å². The molecule has 42 heavy (non-hydrogen) atoms. The third kappa shape index (κ3) is 7.30. The van der Waals surface area contributed by atoms with Crippen LogP contribution in [0.4, 0.5) is 0 Å². The van der Waals surface area contributed by atoms with Gasteiger partial charge in [-0.1, -0.05) is 61.3 Å². The lowest BCUT2D eigenvalue weighted by Crippen LogP contribution is -2.58. The van der Waals surface area contributed by atoms with E-state index in [0.717, 1.165) is 17.4 Å². The van der Waals surface area contributed by atoms with Crippen LogP contribution in [0.25, 0.3) is 0 Å². The van der Waals surface area contributed by atoms with Crippen molar-refractivity contribution in [3.8, 4) is 0 Å². The quantitative estimate of drug-likeness (QED) is 0.373. The number of sulfonamides is 2. The molecule has 0 radical (unpaired) electrons. The molecule has 13 heteroatoms. The molecular formula is C29H37Cl2N3O6S2. The summed E-state index contributed by atoms with van der Waals surface area (Å²) in [5, 5.41) is 0.620. The number of benzene rings is 2. The molecule has 1 aliphatic heterocycles. The molecule has 4 atom stereocenters. The molecule has 2 fully saturated rings. The van der Waals surface area contributed by atoms with Crippen LogP contribution in [0.3, 0.4) is 0 Å². The van der Waals surface area contributed by atoms with E-state index in [0.29, 0.717) is 29.3 Å². The van der Waals surface area contributed by atoms with Gasteiger partial charge in [-0.3, -0.25) is 14.3 Å². The Labute approximate surface area is 258 Å². The molecule has 9 nitrogen and oxygen atoms in total. The van der Waals surface area contributed by atoms with Crippen molar-refractivity contribution in [1.82, 2.24) is 13.9 Å². The standard InChI is InChI=1S/C29H37Cl2N3O6S2/c1-5-23(18-33(3)42(39,40)24-13-14-24)34-27(19-9-11-21(30)12-10-19)25(20-7-6-8-22(31)15-20)16-29(2,28(34)36)17-26(35)32-41(4,37)38/h6-12,15,23-25,27H,5,13-14,16-18H2,1-4H3,(H,32,35)/t23-,25+,27+,29+/m0/s1. The molecule has 230 valence electrons. The average Bonchev–Trinajstić information content (AvgIpc) is 3.74. The van der Waals surface area contributed by atoms with Crippen molar-refractivity contribution in [3.05, 3.63) is 69.7 Å². The van der Waals surface area contributed by atoms with Crippen LogP contribution >= 0.6 is 23.2 Å². The van der Waals surface area contributed by atoms with Gasteiger partial charge in [0.15, 0.2) is 0 Å². The lowest BCUT2D eigenvalue weighted by atomic mass is 9.67. The number of carbonyl (C=O) groups is 2. The number of likely N-dealkylation sites (N-methyl/N-ethyl adjacent to an activating group) is 1. The Morgan fingerprint density at radius 3 is 2.26 bits per heavy atom. The van der Waals surface area contributed by atoms with Gasteiger partial charge in [0.05, 0.1) is 23.0 Å². The van der Waals surface area contributed by atoms with E-state index in [1.165, 1.54) is 11.4 Å². The number of carbonyl (C=O) groups excluding carboxylic acids is 2. The fourth-order valence-electron chi connectivity index (χ4n) is 5.98. The second-order valence-corrected chi connectivity index (χ2v) is 16.6. The van der Waals surface area contributed by atoms with E-state index < -0.39 is 48.7 Å². The van der Waals surface area contributed by atoms with Crippen molar-refractivity contribution in [3.63, 3.8) is 0 Å². The van der Waals surface area contributed by atoms with E-state index in [1.807, 2.05) is 42.0 Å². The fourth-order valence-corrected chi connectivity index (χ4v) is 8.41. The highest BCUT2D eigenvalue weighted by Gasteiger charge is 2.53. The molecule has 4 rings (SSSR count). The molecule has 0 spiro atoms. The highest BCUT2D eigenvalue weighted by Crippen LogP contribution is 2.52. The third-order valence-corrected chi connectivity index (χ3v) is 11.6. The Morgan fingerprint density at radius 2 is 1.71 bits per heavy atom. The van der Waals surface area contributed by atoms with E-state index in [4.69, 9.17) is 23.2 Å². The minimum absolute atomic E-state index is 0.0685. The molecule has 2 amide bonds. The number of nitrogens with one attached hydrogen (secondary N) is 1. The monoisotopic (exact) mass is 657 g/mol. The van der Waals surface area contributed by atoms with Gasteiger partial charge in [0.1, 0.15) is 0 Å². The molecule has 0 bridgehead atoms. The number of rotatable bonds is 11. The van der Waals surface area contributed by atoms with Gasteiger partial charge in [-0.15, -0.1) is 0 Å². The summed E-state index contributed by atoms with van der Waals surface area (Å²) in [4.78, 5) is 29.2. The Hall–Kier alpha value is -2.18. The van der Waals surface area contributed by atoms with Crippen LogP contribution < -0.4 is 4.72 Å². The Kier molecular flexibility index (Phi) is 9.69. The maximum Gasteiger partial charge on any atom is 0.234 e. The predicted octanol–water partition coefficient (Wildman–Crippen LogP) is 4.73. The van der Waals surface area contributed by atoms with Crippen molar-refractivity contribution >= 4 is 55.1 Å². The zero-order valence-corrected chi connectivity index (χ0v) is 27.2. The van der Waals surface area contributed by atoms with E-state index >= 15 is 0 Å². The van der Waals surface area contributed by atoms with Crippen LogP contribution in [0.5, 0.6) is 0 Å². The number of nitrogens with zero attached hydrogens (tertiary/aromatic N) is 2. The topological polar surface area (TPSA) is 121 Å². The maximum absolute atomic E-state index is 14.6. The summed E-state index contributed by atoms with van der Waals surface area (Å²) in [5.74, 6) is -1.50. The van der Waals surface area contributed by atoms with E-state index in [9.17, 15) is 26.4 Å². The Balaban J connectivity index is 1.86. The SMILES string of the molecule is CC[C@@H](CN(C)S(=O)(=O)C1CC1)N1C(=O)[C@@](C)(CC(=O)NS(C)(=O)=O)C[C@H](c2cccc(Cl)c2)[C@H]1c1ccc(Cl)cc1. The first-order valence-corrected chi connectivity index (χ1v) is 18.0. The number of halogens is 2. The van der Waals surface area contributed by atoms with Gasteiger partial charge in [0, 0.05) is 42.0 Å². The molecule has 2 aliphatic rings. The summed E-state index contributed by atoms with van der Waals surface area (Å²) < 4.78 is 53.2. The first-order chi connectivity index (χ1) is 19.6. The van der Waals surface area contributed by atoms with Crippen LogP contribution in [0, 0.1) is 5.41 Å². The Bertz CT molecular complexity index is 1550. The van der Waals surface area contributed by atoms with Crippen LogP contribution in [0.2, 0.25) is 10.0 Å². The van der Waals surface area contributed by atoms with Gasteiger partial charge in [0.2, 0.25) is 31.9 Å². The molecule has 1 saturated heterocycles. The number of likely N-dealkylation sites (tertiary alicyclic amines) is 1. The van der Waals surface area contributed by atoms with Crippen LogP contribution in [-0.4, -0.2) is 69.0 Å². The molecule has 1 heterocycles. The number of hydrogen-bond donors (Lipinski definition) is 1. The van der Waals surface area contributed by atoms with Gasteiger partial charge in [-0.05, 0) is 61.1 Å². The van der Waals surface area contributed by atoms with Crippen molar-refractivity contribution in [2.75, 3.05) is 19.8 Å². The zero-order chi connectivity index (χ0) is 31.0. The first-order valence-electron chi connectivity index (χ1n) is 13.8. The molecule has 0 aromatic heterocycles. The minimum Gasteiger partial charge on any atom is -0.330 e. The van der Waals surface area contributed by atoms with E-state index in [1.54, 1.807) is 30.0 Å². The highest BCUT2D eigenvalue weighted by atomic mass is 35.5. The van der Waals surface area contributed by atoms with E-state index in [2.05, 4.69) is 0 Å². The molecule has 1 aliphatic carbocycles. The lowest BCUT2D eigenvalue weighted by Gasteiger charge is -2.52. The summed E-state index contributed by atoms with van der Waals surface area (Å²) in [6.45, 7) is 3.63. The molecule has 1 saturated carbocycles. The van der Waals surface area contributed by atoms with Gasteiger partial charge >= 0.3 is 0 Å². The number of piperidine rings is 1. The second kappa shape index (κ2) is 12.4. The highest BCUT2D eigenvalue weighted by molar-refractivity contribution is 7.90. The molecule has 2 aromatic rings.